The number of alkyl halides is 1. The van der Waals surface area contributed by atoms with E-state index in [4.69, 9.17) is 27.9 Å². The van der Waals surface area contributed by atoms with Gasteiger partial charge in [-0.15, -0.1) is 0 Å². The van der Waals surface area contributed by atoms with E-state index in [0.717, 1.165) is 0 Å². The molecule has 3 rings (SSSR count). The van der Waals surface area contributed by atoms with Gasteiger partial charge in [-0.3, -0.25) is 4.79 Å². The number of nitrogens with zero attached hydrogens (tertiary/aromatic N) is 2. The number of hydrogen-bond donors (Lipinski definition) is 2. The Morgan fingerprint density at radius 1 is 1.38 bits per heavy atom. The second-order valence-electron chi connectivity index (χ2n) is 6.72. The summed E-state index contributed by atoms with van der Waals surface area (Å²) in [5.41, 5.74) is 1.26. The number of carbonyl (C=O) groups excluding carboxylic acids is 2. The Morgan fingerprint density at radius 3 is 2.69 bits per heavy atom. The lowest BCUT2D eigenvalue weighted by molar-refractivity contribution is 0.0531. The number of aryl methyl sites for hydroxylation is 2. The first-order valence-electron chi connectivity index (χ1n) is 9.10. The molecule has 0 spiro atoms. The number of carbonyl (C=O) groups is 2. The van der Waals surface area contributed by atoms with Crippen LogP contribution in [0.2, 0.25) is 10.0 Å². The molecule has 0 radical (unpaired) electrons. The summed E-state index contributed by atoms with van der Waals surface area (Å²) < 4.78 is 19.8. The van der Waals surface area contributed by atoms with E-state index in [2.05, 4.69) is 15.3 Å². The van der Waals surface area contributed by atoms with Gasteiger partial charge in [0.2, 0.25) is 0 Å². The van der Waals surface area contributed by atoms with Gasteiger partial charge in [-0.1, -0.05) is 34.5 Å². The number of thiazole rings is 1. The van der Waals surface area contributed by atoms with Gasteiger partial charge >= 0.3 is 5.97 Å². The van der Waals surface area contributed by atoms with Crippen molar-refractivity contribution in [3.8, 4) is 0 Å². The molecule has 1 fully saturated rings. The molecule has 2 aromatic rings. The number of piperidine rings is 1. The summed E-state index contributed by atoms with van der Waals surface area (Å²) in [6.45, 7) is 5.97. The molecular weight excluding hydrogens is 442 g/mol. The second kappa shape index (κ2) is 8.89. The highest BCUT2D eigenvalue weighted by atomic mass is 35.5. The molecule has 2 N–H and O–H groups in total. The predicted octanol–water partition coefficient (Wildman–Crippen LogP) is 3.92. The number of esters is 1. The van der Waals surface area contributed by atoms with E-state index >= 15 is 0 Å². The van der Waals surface area contributed by atoms with Crippen LogP contribution in [0.25, 0.3) is 0 Å². The molecule has 1 amide bonds. The molecule has 3 heterocycles. The number of anilines is 1. The van der Waals surface area contributed by atoms with E-state index in [1.165, 1.54) is 11.3 Å². The van der Waals surface area contributed by atoms with Gasteiger partial charge in [-0.05, 0) is 27.2 Å². The van der Waals surface area contributed by atoms with Crippen LogP contribution in [0.15, 0.2) is 0 Å². The molecule has 2 aromatic heterocycles. The number of aromatic nitrogens is 2. The minimum Gasteiger partial charge on any atom is -0.462 e. The molecule has 2 atom stereocenters. The van der Waals surface area contributed by atoms with Gasteiger partial charge in [-0.2, -0.15) is 0 Å². The summed E-state index contributed by atoms with van der Waals surface area (Å²) in [6, 6.07) is -0.664. The van der Waals surface area contributed by atoms with Gasteiger partial charge in [0.05, 0.1) is 34.9 Å². The minimum absolute atomic E-state index is 0.0540. The van der Waals surface area contributed by atoms with Crippen molar-refractivity contribution in [3.05, 3.63) is 32.0 Å². The second-order valence-corrected chi connectivity index (χ2v) is 8.45. The first-order chi connectivity index (χ1) is 13.7. The largest absolute Gasteiger partial charge is 0.462 e. The van der Waals surface area contributed by atoms with E-state index in [0.29, 0.717) is 34.4 Å². The van der Waals surface area contributed by atoms with Crippen LogP contribution in [0.4, 0.5) is 9.52 Å². The molecule has 11 heteroatoms. The lowest BCUT2D eigenvalue weighted by Crippen LogP contribution is -2.52. The van der Waals surface area contributed by atoms with Crippen molar-refractivity contribution >= 4 is 51.5 Å². The van der Waals surface area contributed by atoms with Gasteiger partial charge < -0.3 is 19.9 Å². The van der Waals surface area contributed by atoms with Crippen molar-refractivity contribution in [2.75, 3.05) is 24.6 Å². The quantitative estimate of drug-likeness (QED) is 0.657. The fourth-order valence-corrected chi connectivity index (χ4v) is 4.53. The zero-order valence-corrected chi connectivity index (χ0v) is 18.5. The summed E-state index contributed by atoms with van der Waals surface area (Å²) >= 11 is 13.2. The number of hydrogen-bond acceptors (Lipinski definition) is 6. The van der Waals surface area contributed by atoms with E-state index in [9.17, 15) is 14.0 Å². The Morgan fingerprint density at radius 2 is 2.10 bits per heavy atom. The summed E-state index contributed by atoms with van der Waals surface area (Å²) in [6.07, 6.45) is -0.932. The smallest absolute Gasteiger partial charge is 0.350 e. The zero-order chi connectivity index (χ0) is 21.3. The van der Waals surface area contributed by atoms with Gasteiger partial charge in [0.15, 0.2) is 5.13 Å². The number of aromatic amines is 1. The third-order valence-electron chi connectivity index (χ3n) is 4.66. The fourth-order valence-electron chi connectivity index (χ4n) is 3.11. The van der Waals surface area contributed by atoms with Crippen molar-refractivity contribution in [1.82, 2.24) is 15.3 Å². The Labute approximate surface area is 181 Å². The fraction of sp³-hybridized carbons (Fsp3) is 0.500. The molecule has 0 saturated carbocycles. The maximum absolute atomic E-state index is 14.8. The maximum atomic E-state index is 14.8. The van der Waals surface area contributed by atoms with Crippen LogP contribution in [0.1, 0.15) is 44.9 Å². The highest BCUT2D eigenvalue weighted by molar-refractivity contribution is 7.17. The molecule has 29 heavy (non-hydrogen) atoms. The van der Waals surface area contributed by atoms with Crippen molar-refractivity contribution in [1.29, 1.82) is 0 Å². The van der Waals surface area contributed by atoms with E-state index in [-0.39, 0.29) is 28.9 Å². The number of rotatable bonds is 5. The van der Waals surface area contributed by atoms with Crippen LogP contribution in [0.3, 0.4) is 0 Å². The molecule has 1 saturated heterocycles. The molecule has 1 aliphatic heterocycles. The van der Waals surface area contributed by atoms with Gasteiger partial charge in [0, 0.05) is 12.2 Å². The highest BCUT2D eigenvalue weighted by Crippen LogP contribution is 2.31. The molecule has 0 bridgehead atoms. The summed E-state index contributed by atoms with van der Waals surface area (Å²) in [4.78, 5) is 33.8. The van der Waals surface area contributed by atoms with Crippen molar-refractivity contribution in [2.45, 2.75) is 39.4 Å². The SMILES string of the molecule is CCOC(=O)c1sc(N2CC[C@@H](NC(=O)c3[nH]c(C)c(Cl)c3Cl)[C@@H](F)C2)nc1C. The van der Waals surface area contributed by atoms with Gasteiger partial charge in [0.25, 0.3) is 5.91 Å². The topological polar surface area (TPSA) is 87.3 Å². The molecule has 0 unspecified atom stereocenters. The highest BCUT2D eigenvalue weighted by Gasteiger charge is 2.33. The number of H-pyrrole nitrogens is 1. The van der Waals surface area contributed by atoms with Crippen LogP contribution in [-0.2, 0) is 4.74 Å². The Bertz CT molecular complexity index is 933. The summed E-state index contributed by atoms with van der Waals surface area (Å²) in [5, 5.41) is 3.65. The first kappa shape index (κ1) is 21.9. The van der Waals surface area contributed by atoms with Crippen LogP contribution < -0.4 is 10.2 Å². The summed E-state index contributed by atoms with van der Waals surface area (Å²) in [5.74, 6) is -0.926. The molecule has 7 nitrogen and oxygen atoms in total. The number of nitrogens with one attached hydrogen (secondary N) is 2. The number of amides is 1. The van der Waals surface area contributed by atoms with E-state index in [1.54, 1.807) is 25.7 Å². The third-order valence-corrected chi connectivity index (χ3v) is 6.80. The Balaban J connectivity index is 1.65. The molecular formula is C18H21Cl2FN4O3S. The van der Waals surface area contributed by atoms with Crippen molar-refractivity contribution < 1.29 is 18.7 Å². The average molecular weight is 463 g/mol. The maximum Gasteiger partial charge on any atom is 0.350 e. The lowest BCUT2D eigenvalue weighted by Gasteiger charge is -2.34. The van der Waals surface area contributed by atoms with Crippen LogP contribution in [-0.4, -0.2) is 53.8 Å². The third kappa shape index (κ3) is 4.51. The number of halogens is 3. The predicted molar refractivity (Wildman–Crippen MR) is 111 cm³/mol. The van der Waals surface area contributed by atoms with Crippen LogP contribution >= 0.6 is 34.5 Å². The minimum atomic E-state index is -1.31. The normalized spacial score (nSPS) is 19.3. The first-order valence-corrected chi connectivity index (χ1v) is 10.7. The van der Waals surface area contributed by atoms with Gasteiger partial charge in [-0.25, -0.2) is 14.2 Å². The average Bonchev–Trinajstić information content (AvgIpc) is 3.19. The van der Waals surface area contributed by atoms with Crippen molar-refractivity contribution in [2.24, 2.45) is 0 Å². The molecule has 0 aromatic carbocycles. The van der Waals surface area contributed by atoms with Crippen LogP contribution in [0, 0.1) is 13.8 Å². The monoisotopic (exact) mass is 462 g/mol. The zero-order valence-electron chi connectivity index (χ0n) is 16.1. The van der Waals surface area contributed by atoms with E-state index < -0.39 is 24.1 Å². The molecule has 1 aliphatic rings. The van der Waals surface area contributed by atoms with Crippen LogP contribution in [0.5, 0.6) is 0 Å². The molecule has 0 aliphatic carbocycles. The van der Waals surface area contributed by atoms with E-state index in [1.807, 2.05) is 0 Å². The summed E-state index contributed by atoms with van der Waals surface area (Å²) in [7, 11) is 0. The van der Waals surface area contributed by atoms with Gasteiger partial charge in [0.1, 0.15) is 16.7 Å². The Hall–Kier alpha value is -1.84. The Kier molecular flexibility index (Phi) is 6.70. The van der Waals surface area contributed by atoms with Crippen molar-refractivity contribution in [3.63, 3.8) is 0 Å². The molecule has 158 valence electrons. The lowest BCUT2D eigenvalue weighted by atomic mass is 10.0. The number of ether oxygens (including phenoxy) is 1. The standard InChI is InChI=1S/C18H21Cl2FN4O3S/c1-4-28-17(27)15-9(3)23-18(29-15)25-6-5-11(10(21)7-25)24-16(26)14-13(20)12(19)8(2)22-14/h10-11,22H,4-7H2,1-3H3,(H,24,26)/t10-,11+/m0/s1.